The molecular formula is C24H21FN4O7S2. The molecule has 3 aromatic rings. The molecule has 14 heteroatoms. The fourth-order valence-corrected chi connectivity index (χ4v) is 5.93. The number of rotatable bonds is 7. The molecule has 0 spiro atoms. The molecule has 1 atom stereocenters. The predicted octanol–water partition coefficient (Wildman–Crippen LogP) is 2.31. The highest BCUT2D eigenvalue weighted by Gasteiger charge is 2.40. The first-order chi connectivity index (χ1) is 18.1. The Hall–Kier alpha value is -4.17. The monoisotopic (exact) mass is 560 g/mol. The van der Waals surface area contributed by atoms with Gasteiger partial charge < -0.3 is 15.1 Å². The molecule has 1 fully saturated rings. The highest BCUT2D eigenvalue weighted by atomic mass is 32.2. The summed E-state index contributed by atoms with van der Waals surface area (Å²) >= 11 is 1.07. The minimum Gasteiger partial charge on any atom is -0.336 e. The second-order valence-electron chi connectivity index (χ2n) is 8.25. The summed E-state index contributed by atoms with van der Waals surface area (Å²) in [5.41, 5.74) is 0.0744. The molecule has 3 amide bonds. The maximum absolute atomic E-state index is 13.4. The van der Waals surface area contributed by atoms with E-state index in [9.17, 15) is 37.3 Å². The van der Waals surface area contributed by atoms with Gasteiger partial charge in [-0.25, -0.2) is 12.8 Å². The van der Waals surface area contributed by atoms with Crippen molar-refractivity contribution in [1.29, 1.82) is 0 Å². The number of hydrogen-bond acceptors (Lipinski definition) is 8. The normalized spacial score (nSPS) is 14.6. The zero-order valence-corrected chi connectivity index (χ0v) is 21.3. The van der Waals surface area contributed by atoms with E-state index < -0.39 is 43.7 Å². The summed E-state index contributed by atoms with van der Waals surface area (Å²) in [5, 5.41) is 12.8. The molecule has 1 aliphatic heterocycles. The topological polar surface area (TPSA) is 147 Å². The van der Waals surface area contributed by atoms with Crippen LogP contribution >= 0.6 is 11.3 Å². The number of carbonyl (C=O) groups is 3. The molecule has 2 heterocycles. The van der Waals surface area contributed by atoms with Gasteiger partial charge in [-0.15, -0.1) is 11.3 Å². The van der Waals surface area contributed by atoms with E-state index in [2.05, 4.69) is 5.32 Å². The molecule has 2 aromatic carbocycles. The van der Waals surface area contributed by atoms with Gasteiger partial charge in [0.2, 0.25) is 15.2 Å². The quantitative estimate of drug-likeness (QED) is 0.265. The first kappa shape index (κ1) is 26.9. The second kappa shape index (κ2) is 11.1. The van der Waals surface area contributed by atoms with Crippen molar-refractivity contribution in [3.05, 3.63) is 92.4 Å². The Morgan fingerprint density at radius 2 is 1.55 bits per heavy atom. The molecule has 0 aliphatic carbocycles. The van der Waals surface area contributed by atoms with E-state index in [1.54, 1.807) is 11.4 Å². The molecule has 4 rings (SSSR count). The molecule has 0 saturated carbocycles. The smallest absolute Gasteiger partial charge is 0.269 e. The van der Waals surface area contributed by atoms with Gasteiger partial charge in [-0.05, 0) is 47.8 Å². The Morgan fingerprint density at radius 1 is 0.947 bits per heavy atom. The van der Waals surface area contributed by atoms with Crippen LogP contribution in [0.15, 0.2) is 70.9 Å². The van der Waals surface area contributed by atoms with Gasteiger partial charge in [-0.2, -0.15) is 0 Å². The number of amides is 3. The van der Waals surface area contributed by atoms with E-state index in [1.807, 2.05) is 0 Å². The number of nitro groups is 1. The zero-order valence-electron chi connectivity index (χ0n) is 19.7. The number of non-ortho nitro benzene ring substituents is 1. The molecule has 1 saturated heterocycles. The fraction of sp³-hybridized carbons (Fsp3) is 0.208. The molecule has 1 aromatic heterocycles. The van der Waals surface area contributed by atoms with Gasteiger partial charge in [0.15, 0.2) is 0 Å². The largest absolute Gasteiger partial charge is 0.336 e. The van der Waals surface area contributed by atoms with Gasteiger partial charge >= 0.3 is 0 Å². The number of nitrogens with one attached hydrogen (secondary N) is 1. The molecular weight excluding hydrogens is 539 g/mol. The third kappa shape index (κ3) is 5.70. The standard InChI is InChI=1S/C24H21FN4O7S2/c25-17-5-9-19(10-6-17)38(35,36)22(26-21(30)20-2-1-15-37-20)24(32)28-13-11-27(12-14-28)23(31)16-3-7-18(8-4-16)29(33)34/h1-10,15,22H,11-14H2,(H,26,30)/t22-/m0/s1. The van der Waals surface area contributed by atoms with E-state index >= 15 is 0 Å². The number of piperazine rings is 1. The van der Waals surface area contributed by atoms with Crippen LogP contribution in [0.4, 0.5) is 10.1 Å². The zero-order chi connectivity index (χ0) is 27.4. The maximum Gasteiger partial charge on any atom is 0.269 e. The number of benzene rings is 2. The van der Waals surface area contributed by atoms with Crippen LogP contribution in [0.2, 0.25) is 0 Å². The molecule has 38 heavy (non-hydrogen) atoms. The molecule has 0 unspecified atom stereocenters. The maximum atomic E-state index is 13.4. The van der Waals surface area contributed by atoms with Gasteiger partial charge in [-0.3, -0.25) is 24.5 Å². The van der Waals surface area contributed by atoms with Crippen LogP contribution in [0.1, 0.15) is 20.0 Å². The Morgan fingerprint density at radius 3 is 2.11 bits per heavy atom. The van der Waals surface area contributed by atoms with Crippen molar-refractivity contribution in [3.8, 4) is 0 Å². The average molecular weight is 561 g/mol. The van der Waals surface area contributed by atoms with Gasteiger partial charge in [0.1, 0.15) is 5.82 Å². The van der Waals surface area contributed by atoms with Gasteiger partial charge in [0.05, 0.1) is 14.7 Å². The lowest BCUT2D eigenvalue weighted by molar-refractivity contribution is -0.384. The second-order valence-corrected chi connectivity index (χ2v) is 11.2. The predicted molar refractivity (Wildman–Crippen MR) is 135 cm³/mol. The van der Waals surface area contributed by atoms with Crippen molar-refractivity contribution in [2.45, 2.75) is 10.3 Å². The minimum atomic E-state index is -4.46. The van der Waals surface area contributed by atoms with E-state index in [0.717, 1.165) is 35.6 Å². The Kier molecular flexibility index (Phi) is 7.83. The number of hydrogen-bond donors (Lipinski definition) is 1. The number of carbonyl (C=O) groups excluding carboxylic acids is 3. The van der Waals surface area contributed by atoms with Gasteiger partial charge in [-0.1, -0.05) is 6.07 Å². The van der Waals surface area contributed by atoms with Crippen molar-refractivity contribution in [1.82, 2.24) is 15.1 Å². The van der Waals surface area contributed by atoms with Crippen molar-refractivity contribution >= 4 is 44.6 Å². The summed E-state index contributed by atoms with van der Waals surface area (Å²) < 4.78 is 40.1. The van der Waals surface area contributed by atoms with E-state index in [1.165, 1.54) is 40.1 Å². The summed E-state index contributed by atoms with van der Waals surface area (Å²) in [6.45, 7) is 0.122. The summed E-state index contributed by atoms with van der Waals surface area (Å²) in [6.07, 6.45) is 0. The third-order valence-corrected chi connectivity index (χ3v) is 8.63. The molecule has 0 bridgehead atoms. The number of halogens is 1. The lowest BCUT2D eigenvalue weighted by Gasteiger charge is -2.36. The van der Waals surface area contributed by atoms with Crippen LogP contribution in [-0.4, -0.2) is 72.4 Å². The van der Waals surface area contributed by atoms with Crippen molar-refractivity contribution in [2.24, 2.45) is 0 Å². The molecule has 11 nitrogen and oxygen atoms in total. The lowest BCUT2D eigenvalue weighted by atomic mass is 10.1. The fourth-order valence-electron chi connectivity index (χ4n) is 3.83. The number of nitro benzene ring substituents is 1. The third-order valence-electron chi connectivity index (χ3n) is 5.89. The van der Waals surface area contributed by atoms with E-state index in [-0.39, 0.29) is 47.2 Å². The Bertz CT molecular complexity index is 1450. The highest BCUT2D eigenvalue weighted by molar-refractivity contribution is 7.92. The van der Waals surface area contributed by atoms with E-state index in [4.69, 9.17) is 0 Å². The molecule has 198 valence electrons. The van der Waals surface area contributed by atoms with Crippen molar-refractivity contribution < 1.29 is 32.1 Å². The molecule has 1 N–H and O–H groups in total. The van der Waals surface area contributed by atoms with Gasteiger partial charge in [0.25, 0.3) is 23.4 Å². The summed E-state index contributed by atoms with van der Waals surface area (Å²) in [4.78, 5) is 51.8. The lowest BCUT2D eigenvalue weighted by Crippen LogP contribution is -2.57. The van der Waals surface area contributed by atoms with Crippen LogP contribution in [0, 0.1) is 15.9 Å². The molecule has 0 radical (unpaired) electrons. The van der Waals surface area contributed by atoms with E-state index in [0.29, 0.717) is 0 Å². The Balaban J connectivity index is 1.51. The molecule has 1 aliphatic rings. The van der Waals surface area contributed by atoms with Crippen LogP contribution in [-0.2, 0) is 14.6 Å². The van der Waals surface area contributed by atoms with Crippen LogP contribution in [0.3, 0.4) is 0 Å². The summed E-state index contributed by atoms with van der Waals surface area (Å²) in [6, 6.07) is 12.1. The van der Waals surface area contributed by atoms with Gasteiger partial charge in [0, 0.05) is 43.9 Å². The highest BCUT2D eigenvalue weighted by Crippen LogP contribution is 2.20. The Labute approximate surface area is 220 Å². The van der Waals surface area contributed by atoms with Crippen molar-refractivity contribution in [2.75, 3.05) is 26.2 Å². The summed E-state index contributed by atoms with van der Waals surface area (Å²) in [5.74, 6) is -2.70. The van der Waals surface area contributed by atoms with Crippen LogP contribution < -0.4 is 5.32 Å². The SMILES string of the molecule is O=C(N[C@H](C(=O)N1CCN(C(=O)c2ccc([N+](=O)[O-])cc2)CC1)S(=O)(=O)c1ccc(F)cc1)c1cccs1. The van der Waals surface area contributed by atoms with Crippen LogP contribution in [0.5, 0.6) is 0 Å². The number of thiophene rings is 1. The van der Waals surface area contributed by atoms with Crippen LogP contribution in [0.25, 0.3) is 0 Å². The first-order valence-corrected chi connectivity index (χ1v) is 13.7. The average Bonchev–Trinajstić information content (AvgIpc) is 3.46. The minimum absolute atomic E-state index is 0.0120. The first-order valence-electron chi connectivity index (χ1n) is 11.2. The number of nitrogens with zero attached hydrogens (tertiary/aromatic N) is 3. The van der Waals surface area contributed by atoms with Crippen molar-refractivity contribution in [3.63, 3.8) is 0 Å². The number of sulfone groups is 1. The summed E-state index contributed by atoms with van der Waals surface area (Å²) in [7, 11) is -4.46.